The van der Waals surface area contributed by atoms with Crippen molar-refractivity contribution in [1.82, 2.24) is 0 Å². The molecular formula is C24H50. The predicted octanol–water partition coefficient (Wildman–Crippen LogP) is 9.18. The fourth-order valence-corrected chi connectivity index (χ4v) is 4.45. The van der Waals surface area contributed by atoms with Crippen LogP contribution in [0.25, 0.3) is 0 Å². The lowest BCUT2D eigenvalue weighted by atomic mass is 9.75. The third-order valence-corrected chi connectivity index (χ3v) is 6.31. The highest BCUT2D eigenvalue weighted by atomic mass is 14.3. The molecule has 0 saturated carbocycles. The maximum Gasteiger partial charge on any atom is -0.0363 e. The number of hydrogen-bond acceptors (Lipinski definition) is 0. The van der Waals surface area contributed by atoms with E-state index in [1.54, 1.807) is 0 Å². The first-order valence-electron chi connectivity index (χ1n) is 11.7. The number of rotatable bonds is 18. The van der Waals surface area contributed by atoms with Gasteiger partial charge >= 0.3 is 0 Å². The highest BCUT2D eigenvalue weighted by Gasteiger charge is 2.23. The summed E-state index contributed by atoms with van der Waals surface area (Å²) in [7, 11) is 0. The van der Waals surface area contributed by atoms with Gasteiger partial charge in [-0.1, -0.05) is 137 Å². The molecule has 0 heterocycles. The SMILES string of the molecule is CCCCCCCCC(CCCCCCCC)C(CC)C(C)CC. The van der Waals surface area contributed by atoms with Gasteiger partial charge in [0.25, 0.3) is 0 Å². The zero-order chi connectivity index (χ0) is 18.0. The highest BCUT2D eigenvalue weighted by molar-refractivity contribution is 4.74. The Kier molecular flexibility index (Phi) is 17.8. The second-order valence-corrected chi connectivity index (χ2v) is 8.33. The first-order valence-corrected chi connectivity index (χ1v) is 11.7. The van der Waals surface area contributed by atoms with Crippen LogP contribution in [0.5, 0.6) is 0 Å². The summed E-state index contributed by atoms with van der Waals surface area (Å²) in [6, 6.07) is 0. The van der Waals surface area contributed by atoms with Gasteiger partial charge < -0.3 is 0 Å². The van der Waals surface area contributed by atoms with Crippen molar-refractivity contribution < 1.29 is 0 Å². The van der Waals surface area contributed by atoms with Crippen LogP contribution in [0.15, 0.2) is 0 Å². The molecule has 0 aliphatic rings. The summed E-state index contributed by atoms with van der Waals surface area (Å²) >= 11 is 0. The van der Waals surface area contributed by atoms with Crippen molar-refractivity contribution >= 4 is 0 Å². The summed E-state index contributed by atoms with van der Waals surface area (Å²) in [6.45, 7) is 12.0. The fraction of sp³-hybridized carbons (Fsp3) is 1.00. The molecule has 0 radical (unpaired) electrons. The molecule has 0 N–H and O–H groups in total. The molecule has 0 fully saturated rings. The molecule has 0 rings (SSSR count). The molecule has 0 heteroatoms. The Balaban J connectivity index is 4.17. The first-order chi connectivity index (χ1) is 11.7. The van der Waals surface area contributed by atoms with Crippen molar-refractivity contribution in [3.05, 3.63) is 0 Å². The minimum Gasteiger partial charge on any atom is -0.0654 e. The molecule has 0 aliphatic heterocycles. The van der Waals surface area contributed by atoms with Gasteiger partial charge in [-0.05, 0) is 17.8 Å². The van der Waals surface area contributed by atoms with E-state index >= 15 is 0 Å². The van der Waals surface area contributed by atoms with Crippen LogP contribution in [0.4, 0.5) is 0 Å². The first kappa shape index (κ1) is 24.0. The molecule has 0 amide bonds. The molecule has 0 aromatic heterocycles. The van der Waals surface area contributed by atoms with Crippen LogP contribution in [0.1, 0.15) is 137 Å². The third-order valence-electron chi connectivity index (χ3n) is 6.31. The molecule has 2 atom stereocenters. The predicted molar refractivity (Wildman–Crippen MR) is 113 cm³/mol. The minimum absolute atomic E-state index is 0.917. The van der Waals surface area contributed by atoms with Gasteiger partial charge in [-0.3, -0.25) is 0 Å². The number of hydrogen-bond donors (Lipinski definition) is 0. The lowest BCUT2D eigenvalue weighted by molar-refractivity contribution is 0.195. The topological polar surface area (TPSA) is 0 Å². The molecular weight excluding hydrogens is 288 g/mol. The molecule has 0 aromatic rings. The van der Waals surface area contributed by atoms with Crippen molar-refractivity contribution in [1.29, 1.82) is 0 Å². The van der Waals surface area contributed by atoms with Gasteiger partial charge in [-0.15, -0.1) is 0 Å². The molecule has 0 aliphatic carbocycles. The van der Waals surface area contributed by atoms with Gasteiger partial charge in [0.2, 0.25) is 0 Å². The summed E-state index contributed by atoms with van der Waals surface area (Å²) in [5.41, 5.74) is 0. The Morgan fingerprint density at radius 1 is 0.500 bits per heavy atom. The van der Waals surface area contributed by atoms with Gasteiger partial charge in [0, 0.05) is 0 Å². The Bertz CT molecular complexity index is 216. The van der Waals surface area contributed by atoms with E-state index in [-0.39, 0.29) is 0 Å². The van der Waals surface area contributed by atoms with E-state index in [1.807, 2.05) is 0 Å². The molecule has 0 aromatic carbocycles. The minimum atomic E-state index is 0.917. The molecule has 0 nitrogen and oxygen atoms in total. The van der Waals surface area contributed by atoms with Gasteiger partial charge in [0.1, 0.15) is 0 Å². The van der Waals surface area contributed by atoms with Crippen LogP contribution in [0.2, 0.25) is 0 Å². The molecule has 146 valence electrons. The van der Waals surface area contributed by atoms with Gasteiger partial charge in [0.15, 0.2) is 0 Å². The maximum atomic E-state index is 2.50. The van der Waals surface area contributed by atoms with E-state index in [0.717, 1.165) is 17.8 Å². The highest BCUT2D eigenvalue weighted by Crippen LogP contribution is 2.34. The van der Waals surface area contributed by atoms with Crippen LogP contribution < -0.4 is 0 Å². The quantitative estimate of drug-likeness (QED) is 0.218. The van der Waals surface area contributed by atoms with E-state index in [1.165, 1.54) is 103 Å². The van der Waals surface area contributed by atoms with E-state index in [4.69, 9.17) is 0 Å². The average Bonchev–Trinajstić information content (AvgIpc) is 2.60. The number of unbranched alkanes of at least 4 members (excludes halogenated alkanes) is 10. The van der Waals surface area contributed by atoms with Crippen LogP contribution in [-0.4, -0.2) is 0 Å². The van der Waals surface area contributed by atoms with Gasteiger partial charge in [0.05, 0.1) is 0 Å². The Labute approximate surface area is 155 Å². The van der Waals surface area contributed by atoms with E-state index in [2.05, 4.69) is 34.6 Å². The molecule has 24 heavy (non-hydrogen) atoms. The Morgan fingerprint density at radius 2 is 0.917 bits per heavy atom. The summed E-state index contributed by atoms with van der Waals surface area (Å²) in [4.78, 5) is 0. The lowest BCUT2D eigenvalue weighted by Crippen LogP contribution is -2.21. The summed E-state index contributed by atoms with van der Waals surface area (Å²) in [6.07, 6.45) is 23.2. The maximum absolute atomic E-state index is 2.50. The van der Waals surface area contributed by atoms with E-state index in [0.29, 0.717) is 0 Å². The summed E-state index contributed by atoms with van der Waals surface area (Å²) < 4.78 is 0. The second-order valence-electron chi connectivity index (χ2n) is 8.33. The zero-order valence-electron chi connectivity index (χ0n) is 18.0. The van der Waals surface area contributed by atoms with E-state index in [9.17, 15) is 0 Å². The Hall–Kier alpha value is 0. The van der Waals surface area contributed by atoms with Gasteiger partial charge in [-0.2, -0.15) is 0 Å². The zero-order valence-corrected chi connectivity index (χ0v) is 18.0. The van der Waals surface area contributed by atoms with Crippen molar-refractivity contribution in [3.63, 3.8) is 0 Å². The summed E-state index contributed by atoms with van der Waals surface area (Å²) in [5.74, 6) is 2.89. The third kappa shape index (κ3) is 12.4. The Morgan fingerprint density at radius 3 is 1.29 bits per heavy atom. The van der Waals surface area contributed by atoms with Crippen molar-refractivity contribution in [3.8, 4) is 0 Å². The summed E-state index contributed by atoms with van der Waals surface area (Å²) in [5, 5.41) is 0. The standard InChI is InChI=1S/C24H50/c1-6-10-12-14-16-18-20-23(24(9-4)22(5)8-3)21-19-17-15-13-11-7-2/h22-24H,6-21H2,1-5H3. The van der Waals surface area contributed by atoms with Crippen LogP contribution in [0, 0.1) is 17.8 Å². The van der Waals surface area contributed by atoms with Crippen molar-refractivity contribution in [2.45, 2.75) is 137 Å². The van der Waals surface area contributed by atoms with Crippen LogP contribution in [-0.2, 0) is 0 Å². The second kappa shape index (κ2) is 17.8. The van der Waals surface area contributed by atoms with Crippen LogP contribution >= 0.6 is 0 Å². The molecule has 0 saturated heterocycles. The van der Waals surface area contributed by atoms with Gasteiger partial charge in [-0.25, -0.2) is 0 Å². The monoisotopic (exact) mass is 338 g/mol. The average molecular weight is 339 g/mol. The van der Waals surface area contributed by atoms with E-state index < -0.39 is 0 Å². The largest absolute Gasteiger partial charge is 0.0654 e. The molecule has 0 spiro atoms. The molecule has 0 bridgehead atoms. The van der Waals surface area contributed by atoms with Crippen molar-refractivity contribution in [2.75, 3.05) is 0 Å². The van der Waals surface area contributed by atoms with Crippen molar-refractivity contribution in [2.24, 2.45) is 17.8 Å². The van der Waals surface area contributed by atoms with Crippen LogP contribution in [0.3, 0.4) is 0 Å². The normalized spacial score (nSPS) is 14.2. The lowest BCUT2D eigenvalue weighted by Gasteiger charge is -2.31. The molecule has 2 unspecified atom stereocenters. The fourth-order valence-electron chi connectivity index (χ4n) is 4.45. The smallest absolute Gasteiger partial charge is 0.0363 e.